The van der Waals surface area contributed by atoms with Crippen molar-refractivity contribution in [3.05, 3.63) is 64.7 Å². The molecule has 1 aliphatic heterocycles. The zero-order valence-electron chi connectivity index (χ0n) is 14.7. The van der Waals surface area contributed by atoms with Crippen molar-refractivity contribution in [1.29, 1.82) is 0 Å². The first-order valence-electron chi connectivity index (χ1n) is 8.31. The topological polar surface area (TPSA) is 29.5 Å². The summed E-state index contributed by atoms with van der Waals surface area (Å²) in [7, 11) is 0. The summed E-state index contributed by atoms with van der Waals surface area (Å²) in [5.41, 5.74) is 1.43. The zero-order valence-corrected chi connectivity index (χ0v) is 16.2. The van der Waals surface area contributed by atoms with Crippen LogP contribution in [0.5, 0.6) is 5.75 Å². The maximum absolute atomic E-state index is 13.2. The van der Waals surface area contributed by atoms with Gasteiger partial charge in [-0.3, -0.25) is 4.79 Å². The van der Waals surface area contributed by atoms with Gasteiger partial charge in [-0.1, -0.05) is 41.4 Å². The van der Waals surface area contributed by atoms with Crippen LogP contribution >= 0.6 is 23.4 Å². The SMILES string of the molecule is Cc1ccc(C2SCCN2C(=O)C(C)(C)Oc2ccc(Cl)cc2)cc1. The maximum Gasteiger partial charge on any atom is 0.267 e. The summed E-state index contributed by atoms with van der Waals surface area (Å²) in [5.74, 6) is 1.57. The molecule has 1 unspecified atom stereocenters. The van der Waals surface area contributed by atoms with Gasteiger partial charge in [0.1, 0.15) is 11.1 Å². The molecule has 0 N–H and O–H groups in total. The minimum atomic E-state index is -0.943. The number of rotatable bonds is 4. The average Bonchev–Trinajstić information content (AvgIpc) is 3.06. The van der Waals surface area contributed by atoms with Crippen molar-refractivity contribution < 1.29 is 9.53 Å². The lowest BCUT2D eigenvalue weighted by Crippen LogP contribution is -2.48. The molecule has 1 heterocycles. The number of hydrogen-bond acceptors (Lipinski definition) is 3. The Balaban J connectivity index is 1.77. The highest BCUT2D eigenvalue weighted by atomic mass is 35.5. The van der Waals surface area contributed by atoms with E-state index >= 15 is 0 Å². The van der Waals surface area contributed by atoms with E-state index in [9.17, 15) is 4.79 Å². The summed E-state index contributed by atoms with van der Waals surface area (Å²) >= 11 is 7.71. The number of aryl methyl sites for hydroxylation is 1. The van der Waals surface area contributed by atoms with Crippen molar-refractivity contribution in [3.8, 4) is 5.75 Å². The van der Waals surface area contributed by atoms with Crippen LogP contribution in [-0.2, 0) is 4.79 Å². The summed E-state index contributed by atoms with van der Waals surface area (Å²) in [4.78, 5) is 15.1. The molecule has 0 saturated carbocycles. The van der Waals surface area contributed by atoms with Gasteiger partial charge in [0.05, 0.1) is 0 Å². The minimum absolute atomic E-state index is 0.00183. The zero-order chi connectivity index (χ0) is 18.0. The summed E-state index contributed by atoms with van der Waals surface area (Å²) in [6.45, 7) is 6.44. The number of thioether (sulfide) groups is 1. The fourth-order valence-corrected chi connectivity index (χ4v) is 4.25. The largest absolute Gasteiger partial charge is 0.478 e. The van der Waals surface area contributed by atoms with Crippen molar-refractivity contribution in [2.75, 3.05) is 12.3 Å². The molecule has 1 saturated heterocycles. The third kappa shape index (κ3) is 4.13. The molecular formula is C20H22ClNO2S. The molecule has 5 heteroatoms. The third-order valence-corrected chi connectivity index (χ3v) is 5.73. The Labute approximate surface area is 158 Å². The molecule has 3 rings (SSSR count). The predicted octanol–water partition coefficient (Wildman–Crippen LogP) is 5.08. The van der Waals surface area contributed by atoms with Crippen LogP contribution in [0.2, 0.25) is 5.02 Å². The summed E-state index contributed by atoms with van der Waals surface area (Å²) in [6.07, 6.45) is 0. The van der Waals surface area contributed by atoms with E-state index in [0.29, 0.717) is 10.8 Å². The van der Waals surface area contributed by atoms with E-state index in [2.05, 4.69) is 31.2 Å². The second kappa shape index (κ2) is 7.30. The number of carbonyl (C=O) groups is 1. The number of carbonyl (C=O) groups excluding carboxylic acids is 1. The van der Waals surface area contributed by atoms with Gasteiger partial charge in [0.15, 0.2) is 5.60 Å². The molecule has 0 bridgehead atoms. The molecule has 0 radical (unpaired) electrons. The van der Waals surface area contributed by atoms with Crippen LogP contribution in [0.3, 0.4) is 0 Å². The Kier molecular flexibility index (Phi) is 5.30. The normalized spacial score (nSPS) is 17.6. The second-order valence-corrected chi connectivity index (χ2v) is 8.32. The molecule has 0 aromatic heterocycles. The van der Waals surface area contributed by atoms with Crippen molar-refractivity contribution in [2.45, 2.75) is 31.7 Å². The van der Waals surface area contributed by atoms with Crippen molar-refractivity contribution in [2.24, 2.45) is 0 Å². The van der Waals surface area contributed by atoms with Gasteiger partial charge in [-0.05, 0) is 50.6 Å². The van der Waals surface area contributed by atoms with Gasteiger partial charge in [-0.2, -0.15) is 0 Å². The first kappa shape index (κ1) is 18.2. The Hall–Kier alpha value is -1.65. The molecule has 0 aliphatic carbocycles. The minimum Gasteiger partial charge on any atom is -0.478 e. The molecule has 3 nitrogen and oxygen atoms in total. The van der Waals surface area contributed by atoms with Crippen molar-refractivity contribution in [1.82, 2.24) is 4.90 Å². The van der Waals surface area contributed by atoms with Gasteiger partial charge < -0.3 is 9.64 Å². The maximum atomic E-state index is 13.2. The van der Waals surface area contributed by atoms with Gasteiger partial charge in [0.25, 0.3) is 5.91 Å². The van der Waals surface area contributed by atoms with E-state index in [-0.39, 0.29) is 11.3 Å². The number of halogens is 1. The van der Waals surface area contributed by atoms with Crippen LogP contribution in [-0.4, -0.2) is 28.7 Å². The fraction of sp³-hybridized carbons (Fsp3) is 0.350. The summed E-state index contributed by atoms with van der Waals surface area (Å²) < 4.78 is 5.98. The second-order valence-electron chi connectivity index (χ2n) is 6.70. The van der Waals surface area contributed by atoms with Crippen LogP contribution in [0, 0.1) is 6.92 Å². The quantitative estimate of drug-likeness (QED) is 0.746. The van der Waals surface area contributed by atoms with Gasteiger partial charge in [0.2, 0.25) is 0 Å². The van der Waals surface area contributed by atoms with Crippen LogP contribution in [0.15, 0.2) is 48.5 Å². The number of benzene rings is 2. The van der Waals surface area contributed by atoms with Gasteiger partial charge in [-0.25, -0.2) is 0 Å². The Bertz CT molecular complexity index is 743. The van der Waals surface area contributed by atoms with E-state index < -0.39 is 5.60 Å². The monoisotopic (exact) mass is 375 g/mol. The number of nitrogens with zero attached hydrogens (tertiary/aromatic N) is 1. The third-order valence-electron chi connectivity index (χ3n) is 4.22. The molecule has 25 heavy (non-hydrogen) atoms. The van der Waals surface area contributed by atoms with E-state index in [0.717, 1.165) is 17.9 Å². The molecule has 1 fully saturated rings. The van der Waals surface area contributed by atoms with Gasteiger partial charge >= 0.3 is 0 Å². The average molecular weight is 376 g/mol. The molecule has 1 aliphatic rings. The predicted molar refractivity (Wildman–Crippen MR) is 104 cm³/mol. The van der Waals surface area contributed by atoms with E-state index in [1.54, 1.807) is 36.0 Å². The van der Waals surface area contributed by atoms with Gasteiger partial charge in [0, 0.05) is 17.3 Å². The molecule has 1 amide bonds. The first-order chi connectivity index (χ1) is 11.9. The van der Waals surface area contributed by atoms with Crippen LogP contribution in [0.25, 0.3) is 0 Å². The molecule has 0 spiro atoms. The highest BCUT2D eigenvalue weighted by molar-refractivity contribution is 7.99. The molecule has 1 atom stereocenters. The molecule has 2 aromatic rings. The standard InChI is InChI=1S/C20H22ClNO2S/c1-14-4-6-15(7-5-14)18-22(12-13-25-18)19(23)20(2,3)24-17-10-8-16(21)9-11-17/h4-11,18H,12-13H2,1-3H3. The van der Waals surface area contributed by atoms with Crippen LogP contribution < -0.4 is 4.74 Å². The number of hydrogen-bond donors (Lipinski definition) is 0. The Morgan fingerprint density at radius 3 is 2.44 bits per heavy atom. The fourth-order valence-electron chi connectivity index (χ4n) is 2.87. The summed E-state index contributed by atoms with van der Waals surface area (Å²) in [6, 6.07) is 15.5. The number of amides is 1. The van der Waals surface area contributed by atoms with Crippen molar-refractivity contribution >= 4 is 29.3 Å². The molecular weight excluding hydrogens is 354 g/mol. The first-order valence-corrected chi connectivity index (χ1v) is 9.73. The van der Waals surface area contributed by atoms with Crippen molar-refractivity contribution in [3.63, 3.8) is 0 Å². The highest BCUT2D eigenvalue weighted by Gasteiger charge is 2.40. The lowest BCUT2D eigenvalue weighted by atomic mass is 10.1. The van der Waals surface area contributed by atoms with Crippen LogP contribution in [0.4, 0.5) is 0 Å². The van der Waals surface area contributed by atoms with E-state index in [1.807, 2.05) is 18.7 Å². The Morgan fingerprint density at radius 1 is 1.16 bits per heavy atom. The highest BCUT2D eigenvalue weighted by Crippen LogP contribution is 2.39. The molecule has 2 aromatic carbocycles. The lowest BCUT2D eigenvalue weighted by molar-refractivity contribution is -0.145. The Morgan fingerprint density at radius 2 is 1.80 bits per heavy atom. The van der Waals surface area contributed by atoms with Crippen LogP contribution in [0.1, 0.15) is 30.3 Å². The number of ether oxygens (including phenoxy) is 1. The van der Waals surface area contributed by atoms with E-state index in [4.69, 9.17) is 16.3 Å². The van der Waals surface area contributed by atoms with Gasteiger partial charge in [-0.15, -0.1) is 11.8 Å². The summed E-state index contributed by atoms with van der Waals surface area (Å²) in [5, 5.41) is 0.688. The van der Waals surface area contributed by atoms with E-state index in [1.165, 1.54) is 5.56 Å². The smallest absolute Gasteiger partial charge is 0.267 e. The lowest BCUT2D eigenvalue weighted by Gasteiger charge is -2.33. The molecule has 132 valence electrons.